The third-order valence-corrected chi connectivity index (χ3v) is 6.29. The van der Waals surface area contributed by atoms with E-state index in [2.05, 4.69) is 26.7 Å². The molecule has 0 bridgehead atoms. The van der Waals surface area contributed by atoms with Crippen LogP contribution in [0, 0.1) is 6.92 Å². The van der Waals surface area contributed by atoms with Crippen LogP contribution in [0.5, 0.6) is 0 Å². The van der Waals surface area contributed by atoms with Gasteiger partial charge in [0.2, 0.25) is 5.91 Å². The number of fused-ring (bicyclic) bond motifs is 1. The summed E-state index contributed by atoms with van der Waals surface area (Å²) in [6.45, 7) is 1.97. The standard InChI is InChI=1S/C18H17N3OS2/c1-11-10-19-17(20-11)12-4-2-3-5-14(12)21-18(22)16-13-6-8-23-15(13)7-9-24-16/h2-6,8,10,16H,7,9H2,1H3,(H,19,20)(H,21,22)/t16-/m0/s1. The number of nitrogens with zero attached hydrogens (tertiary/aromatic N) is 1. The Kier molecular flexibility index (Phi) is 4.16. The highest BCUT2D eigenvalue weighted by atomic mass is 32.2. The average molecular weight is 355 g/mol. The van der Waals surface area contributed by atoms with Gasteiger partial charge >= 0.3 is 0 Å². The molecule has 1 amide bonds. The molecule has 0 saturated heterocycles. The Morgan fingerprint density at radius 1 is 1.33 bits per heavy atom. The van der Waals surface area contributed by atoms with Gasteiger partial charge in [-0.05, 0) is 48.2 Å². The summed E-state index contributed by atoms with van der Waals surface area (Å²) in [4.78, 5) is 21.8. The summed E-state index contributed by atoms with van der Waals surface area (Å²) < 4.78 is 0. The molecule has 1 aliphatic rings. The Hall–Kier alpha value is -2.05. The summed E-state index contributed by atoms with van der Waals surface area (Å²) in [6.07, 6.45) is 2.85. The minimum absolute atomic E-state index is 0.0371. The second kappa shape index (κ2) is 6.45. The molecule has 4 rings (SSSR count). The first kappa shape index (κ1) is 15.5. The van der Waals surface area contributed by atoms with Crippen molar-refractivity contribution in [2.24, 2.45) is 0 Å². The number of para-hydroxylation sites is 1. The molecule has 2 N–H and O–H groups in total. The number of hydrogen-bond donors (Lipinski definition) is 2. The van der Waals surface area contributed by atoms with Gasteiger partial charge in [0.15, 0.2) is 0 Å². The Labute approximate surface area is 148 Å². The maximum atomic E-state index is 12.9. The number of rotatable bonds is 3. The van der Waals surface area contributed by atoms with Crippen LogP contribution >= 0.6 is 23.1 Å². The molecule has 122 valence electrons. The lowest BCUT2D eigenvalue weighted by atomic mass is 10.1. The van der Waals surface area contributed by atoms with Crippen LogP contribution in [0.25, 0.3) is 11.4 Å². The number of aryl methyl sites for hydroxylation is 2. The van der Waals surface area contributed by atoms with Gasteiger partial charge in [0, 0.05) is 22.3 Å². The highest BCUT2D eigenvalue weighted by Crippen LogP contribution is 2.40. The number of benzene rings is 1. The predicted octanol–water partition coefficient (Wildman–Crippen LogP) is 4.42. The van der Waals surface area contributed by atoms with Crippen molar-refractivity contribution in [3.8, 4) is 11.4 Å². The number of nitrogens with one attached hydrogen (secondary N) is 2. The van der Waals surface area contributed by atoms with Crippen molar-refractivity contribution in [1.29, 1.82) is 0 Å². The molecule has 2 aromatic heterocycles. The molecule has 1 aliphatic heterocycles. The molecule has 0 fully saturated rings. The zero-order valence-corrected chi connectivity index (χ0v) is 14.8. The summed E-state index contributed by atoms with van der Waals surface area (Å²) in [5, 5.41) is 5.05. The minimum atomic E-state index is -0.133. The average Bonchev–Trinajstić information content (AvgIpc) is 3.23. The van der Waals surface area contributed by atoms with Gasteiger partial charge in [-0.3, -0.25) is 4.79 Å². The highest BCUT2D eigenvalue weighted by Gasteiger charge is 2.28. The number of carbonyl (C=O) groups is 1. The number of thiophene rings is 1. The van der Waals surface area contributed by atoms with Crippen LogP contribution in [0.4, 0.5) is 5.69 Å². The number of thioether (sulfide) groups is 1. The normalized spacial score (nSPS) is 16.6. The summed E-state index contributed by atoms with van der Waals surface area (Å²) in [6, 6.07) is 9.86. The molecular weight excluding hydrogens is 338 g/mol. The molecule has 1 aromatic carbocycles. The predicted molar refractivity (Wildman–Crippen MR) is 101 cm³/mol. The number of aromatic amines is 1. The lowest BCUT2D eigenvalue weighted by Gasteiger charge is -2.22. The second-order valence-electron chi connectivity index (χ2n) is 5.75. The molecule has 4 nitrogen and oxygen atoms in total. The van der Waals surface area contributed by atoms with Gasteiger partial charge in [0.25, 0.3) is 0 Å². The van der Waals surface area contributed by atoms with Crippen molar-refractivity contribution < 1.29 is 4.79 Å². The summed E-state index contributed by atoms with van der Waals surface area (Å²) in [5.74, 6) is 1.80. The van der Waals surface area contributed by atoms with E-state index in [1.807, 2.05) is 31.2 Å². The molecule has 0 saturated carbocycles. The third-order valence-electron chi connectivity index (χ3n) is 4.06. The third kappa shape index (κ3) is 2.87. The molecule has 6 heteroatoms. The van der Waals surface area contributed by atoms with Gasteiger partial charge in [-0.25, -0.2) is 4.98 Å². The van der Waals surface area contributed by atoms with Gasteiger partial charge in [0.05, 0.1) is 5.69 Å². The number of amides is 1. The minimum Gasteiger partial charge on any atom is -0.342 e. The fourth-order valence-electron chi connectivity index (χ4n) is 2.91. The first-order chi connectivity index (χ1) is 11.7. The van der Waals surface area contributed by atoms with Gasteiger partial charge < -0.3 is 10.3 Å². The van der Waals surface area contributed by atoms with Gasteiger partial charge in [-0.1, -0.05) is 12.1 Å². The lowest BCUT2D eigenvalue weighted by molar-refractivity contribution is -0.115. The van der Waals surface area contributed by atoms with Crippen molar-refractivity contribution in [3.63, 3.8) is 0 Å². The van der Waals surface area contributed by atoms with Crippen LogP contribution in [-0.4, -0.2) is 21.6 Å². The number of carbonyl (C=O) groups excluding carboxylic acids is 1. The number of H-pyrrole nitrogens is 1. The Balaban J connectivity index is 1.62. The van der Waals surface area contributed by atoms with Crippen LogP contribution in [0.1, 0.15) is 21.4 Å². The quantitative estimate of drug-likeness (QED) is 0.731. The van der Waals surface area contributed by atoms with E-state index in [1.54, 1.807) is 29.3 Å². The van der Waals surface area contributed by atoms with E-state index in [-0.39, 0.29) is 11.2 Å². The van der Waals surface area contributed by atoms with Crippen molar-refractivity contribution in [1.82, 2.24) is 9.97 Å². The van der Waals surface area contributed by atoms with Crippen LogP contribution < -0.4 is 5.32 Å². The highest BCUT2D eigenvalue weighted by molar-refractivity contribution is 8.00. The van der Waals surface area contributed by atoms with Crippen LogP contribution in [0.2, 0.25) is 0 Å². The van der Waals surface area contributed by atoms with Gasteiger partial charge in [-0.2, -0.15) is 0 Å². The lowest BCUT2D eigenvalue weighted by Crippen LogP contribution is -2.22. The second-order valence-corrected chi connectivity index (χ2v) is 7.96. The molecule has 1 atom stereocenters. The molecule has 24 heavy (non-hydrogen) atoms. The summed E-state index contributed by atoms with van der Waals surface area (Å²) >= 11 is 3.46. The van der Waals surface area contributed by atoms with E-state index < -0.39 is 0 Å². The fraction of sp³-hybridized carbons (Fsp3) is 0.222. The van der Waals surface area contributed by atoms with Crippen molar-refractivity contribution in [2.45, 2.75) is 18.6 Å². The van der Waals surface area contributed by atoms with Crippen LogP contribution in [0.3, 0.4) is 0 Å². The molecule has 0 spiro atoms. The Bertz CT molecular complexity index is 884. The summed E-state index contributed by atoms with van der Waals surface area (Å²) in [5.41, 5.74) is 3.86. The van der Waals surface area contributed by atoms with Gasteiger partial charge in [-0.15, -0.1) is 23.1 Å². The number of aromatic nitrogens is 2. The molecular formula is C18H17N3OS2. The zero-order chi connectivity index (χ0) is 16.5. The Morgan fingerprint density at radius 2 is 2.21 bits per heavy atom. The van der Waals surface area contributed by atoms with Crippen molar-refractivity contribution in [3.05, 3.63) is 58.0 Å². The Morgan fingerprint density at radius 3 is 3.04 bits per heavy atom. The summed E-state index contributed by atoms with van der Waals surface area (Å²) in [7, 11) is 0. The van der Waals surface area contributed by atoms with E-state index in [0.717, 1.165) is 34.9 Å². The van der Waals surface area contributed by atoms with Crippen LogP contribution in [0.15, 0.2) is 41.9 Å². The number of hydrogen-bond acceptors (Lipinski definition) is 4. The SMILES string of the molecule is Cc1cnc(-c2ccccc2NC(=O)[C@H]2SCCc3sccc32)[nH]1. The van der Waals surface area contributed by atoms with E-state index in [9.17, 15) is 4.79 Å². The van der Waals surface area contributed by atoms with Gasteiger partial charge in [0.1, 0.15) is 11.1 Å². The van der Waals surface area contributed by atoms with E-state index in [1.165, 1.54) is 10.4 Å². The maximum absolute atomic E-state index is 12.9. The zero-order valence-electron chi connectivity index (χ0n) is 13.2. The largest absolute Gasteiger partial charge is 0.342 e. The monoisotopic (exact) mass is 355 g/mol. The molecule has 3 aromatic rings. The van der Waals surface area contributed by atoms with E-state index in [0.29, 0.717) is 0 Å². The van der Waals surface area contributed by atoms with Crippen molar-refractivity contribution >= 4 is 34.7 Å². The fourth-order valence-corrected chi connectivity index (χ4v) is 5.20. The first-order valence-corrected chi connectivity index (χ1v) is 9.75. The van der Waals surface area contributed by atoms with E-state index in [4.69, 9.17) is 0 Å². The molecule has 0 aliphatic carbocycles. The molecule has 0 unspecified atom stereocenters. The number of anilines is 1. The van der Waals surface area contributed by atoms with E-state index >= 15 is 0 Å². The number of imidazole rings is 1. The maximum Gasteiger partial charge on any atom is 0.242 e. The smallest absolute Gasteiger partial charge is 0.242 e. The van der Waals surface area contributed by atoms with Crippen molar-refractivity contribution in [2.75, 3.05) is 11.1 Å². The van der Waals surface area contributed by atoms with Crippen LogP contribution in [-0.2, 0) is 11.2 Å². The molecule has 0 radical (unpaired) electrons. The first-order valence-electron chi connectivity index (χ1n) is 7.82. The molecule has 3 heterocycles. The topological polar surface area (TPSA) is 57.8 Å².